The Hall–Kier alpha value is -2.26. The second kappa shape index (κ2) is 18.5. The van der Waals surface area contributed by atoms with Crippen LogP contribution in [-0.4, -0.2) is 11.3 Å². The lowest BCUT2D eigenvalue weighted by atomic mass is 9.81. The van der Waals surface area contributed by atoms with E-state index in [-0.39, 0.29) is 5.41 Å². The van der Waals surface area contributed by atoms with Gasteiger partial charge in [-0.25, -0.2) is 0 Å². The van der Waals surface area contributed by atoms with E-state index in [1.54, 1.807) is 21.2 Å². The normalized spacial score (nSPS) is 14.3. The number of benzene rings is 4. The highest BCUT2D eigenvalue weighted by Gasteiger charge is 2.44. The van der Waals surface area contributed by atoms with Crippen molar-refractivity contribution in [1.29, 1.82) is 0 Å². The van der Waals surface area contributed by atoms with Crippen molar-refractivity contribution >= 4 is 37.1 Å². The molecule has 2 unspecified atom stereocenters. The summed E-state index contributed by atoms with van der Waals surface area (Å²) in [5.41, 5.74) is 13.0. The zero-order chi connectivity index (χ0) is 36.6. The number of hydrogen-bond donors (Lipinski definition) is 0. The zero-order valence-corrected chi connectivity index (χ0v) is 35.6. The summed E-state index contributed by atoms with van der Waals surface area (Å²) in [6.07, 6.45) is 9.84. The summed E-state index contributed by atoms with van der Waals surface area (Å²) in [5.74, 6) is 0. The van der Waals surface area contributed by atoms with Gasteiger partial charge in [0.1, 0.15) is 0 Å². The van der Waals surface area contributed by atoms with Gasteiger partial charge in [0, 0.05) is 0 Å². The molecule has 0 aliphatic rings. The van der Waals surface area contributed by atoms with Gasteiger partial charge in [-0.3, -0.25) is 0 Å². The van der Waals surface area contributed by atoms with Crippen LogP contribution in [0.5, 0.6) is 0 Å². The average Bonchev–Trinajstić information content (AvgIpc) is 3.16. The number of aryl methyl sites for hydroxylation is 8. The molecule has 0 saturated heterocycles. The van der Waals surface area contributed by atoms with Crippen LogP contribution in [0, 0.1) is 5.41 Å². The highest BCUT2D eigenvalue weighted by molar-refractivity contribution is 7.74. The lowest BCUT2D eigenvalue weighted by Crippen LogP contribution is -2.43. The first-order chi connectivity index (χ1) is 24.0. The van der Waals surface area contributed by atoms with E-state index in [0.717, 1.165) is 57.8 Å². The highest BCUT2D eigenvalue weighted by Crippen LogP contribution is 2.58. The van der Waals surface area contributed by atoms with Gasteiger partial charge in [0.15, 0.2) is 0 Å². The molecule has 0 radical (unpaired) electrons. The minimum absolute atomic E-state index is 0.115. The third-order valence-corrected chi connectivity index (χ3v) is 18.0. The van der Waals surface area contributed by atoms with E-state index in [2.05, 4.69) is 156 Å². The first-order valence-electron chi connectivity index (χ1n) is 20.1. The molecule has 2 atom stereocenters. The molecule has 0 fully saturated rings. The first kappa shape index (κ1) is 40.5. The van der Waals surface area contributed by atoms with E-state index in [4.69, 9.17) is 0 Å². The molecule has 270 valence electrons. The molecule has 4 rings (SSSR count). The first-order valence-corrected chi connectivity index (χ1v) is 22.9. The Morgan fingerprint density at radius 2 is 0.540 bits per heavy atom. The van der Waals surface area contributed by atoms with Crippen molar-refractivity contribution in [3.63, 3.8) is 0 Å². The number of hydrogen-bond acceptors (Lipinski definition) is 0. The summed E-state index contributed by atoms with van der Waals surface area (Å²) >= 11 is 0. The fourth-order valence-electron chi connectivity index (χ4n) is 7.88. The molecule has 0 amide bonds. The molecule has 2 heteroatoms. The largest absolute Gasteiger partial charge is 0.0648 e. The highest BCUT2D eigenvalue weighted by atomic mass is 31.1. The van der Waals surface area contributed by atoms with Crippen LogP contribution in [-0.2, 0) is 51.4 Å². The molecule has 50 heavy (non-hydrogen) atoms. The van der Waals surface area contributed by atoms with Crippen molar-refractivity contribution in [3.05, 3.63) is 117 Å². The molecule has 0 nitrogen and oxygen atoms in total. The van der Waals surface area contributed by atoms with E-state index in [0.29, 0.717) is 11.3 Å². The lowest BCUT2D eigenvalue weighted by Gasteiger charge is -2.48. The third-order valence-electron chi connectivity index (χ3n) is 12.0. The molecule has 4 aromatic rings. The van der Waals surface area contributed by atoms with Gasteiger partial charge in [-0.15, -0.1) is 0 Å². The Morgan fingerprint density at radius 1 is 0.360 bits per heavy atom. The maximum atomic E-state index is 2.68. The second-order valence-corrected chi connectivity index (χ2v) is 19.9. The fourth-order valence-corrected chi connectivity index (χ4v) is 14.8. The summed E-state index contributed by atoms with van der Waals surface area (Å²) in [5, 5.41) is 6.32. The summed E-state index contributed by atoms with van der Waals surface area (Å²) in [4.78, 5) is 0. The van der Waals surface area contributed by atoms with E-state index < -0.39 is 15.8 Å². The molecule has 0 saturated carbocycles. The molecule has 0 bridgehead atoms. The quantitative estimate of drug-likeness (QED) is 0.0959. The van der Waals surface area contributed by atoms with E-state index in [1.165, 1.54) is 44.5 Å². The topological polar surface area (TPSA) is 0 Å². The standard InChI is InChI=1S/C48H68P2/c1-13-36-22-37(14-2)27-44(26-36)49(45-28-38(15-3)23-39(16-4)29-45)34(10)48(12,21-9)35(11)50(46-30-40(17-5)24-41(18-6)31-46)47-32-42(19-7)25-43(20-8)33-47/h22-35H,13-21H2,1-12H3. The van der Waals surface area contributed by atoms with Crippen LogP contribution < -0.4 is 21.2 Å². The minimum atomic E-state index is -0.615. The predicted octanol–water partition coefficient (Wildman–Crippen LogP) is 11.9. The van der Waals surface area contributed by atoms with Crippen molar-refractivity contribution in [2.45, 2.75) is 152 Å². The van der Waals surface area contributed by atoms with Crippen molar-refractivity contribution in [2.24, 2.45) is 5.41 Å². The van der Waals surface area contributed by atoms with Gasteiger partial charge in [0.05, 0.1) is 0 Å². The van der Waals surface area contributed by atoms with Crippen LogP contribution in [0.4, 0.5) is 0 Å². The second-order valence-electron chi connectivity index (χ2n) is 14.8. The van der Waals surface area contributed by atoms with Gasteiger partial charge in [0.25, 0.3) is 0 Å². The summed E-state index contributed by atoms with van der Waals surface area (Å²) in [7, 11) is -1.23. The predicted molar refractivity (Wildman–Crippen MR) is 230 cm³/mol. The number of rotatable bonds is 17. The smallest absolute Gasteiger partial charge is 0.00972 e. The summed E-state index contributed by atoms with van der Waals surface area (Å²) in [6, 6.07) is 30.5. The Labute approximate surface area is 310 Å². The maximum absolute atomic E-state index is 2.68. The Bertz CT molecular complexity index is 1380. The van der Waals surface area contributed by atoms with Crippen LogP contribution in [0.3, 0.4) is 0 Å². The summed E-state index contributed by atoms with van der Waals surface area (Å²) < 4.78 is 0. The molecule has 0 N–H and O–H groups in total. The SMILES string of the molecule is CCc1cc(CC)cc(P(c2cc(CC)cc(CC)c2)C(C)C(C)(CC)C(C)P(c2cc(CC)cc(CC)c2)c2cc(CC)cc(CC)c2)c1. The lowest BCUT2D eigenvalue weighted by molar-refractivity contribution is 0.302. The molecule has 0 aliphatic carbocycles. The molecule has 4 aromatic carbocycles. The molecular weight excluding hydrogens is 638 g/mol. The van der Waals surface area contributed by atoms with Gasteiger partial charge >= 0.3 is 0 Å². The van der Waals surface area contributed by atoms with E-state index in [1.807, 2.05) is 0 Å². The molecule has 0 aromatic heterocycles. The van der Waals surface area contributed by atoms with E-state index >= 15 is 0 Å². The fraction of sp³-hybridized carbons (Fsp3) is 0.500. The van der Waals surface area contributed by atoms with Crippen LogP contribution in [0.1, 0.15) is 134 Å². The average molecular weight is 707 g/mol. The van der Waals surface area contributed by atoms with Crippen molar-refractivity contribution in [1.82, 2.24) is 0 Å². The van der Waals surface area contributed by atoms with Crippen molar-refractivity contribution < 1.29 is 0 Å². The van der Waals surface area contributed by atoms with Crippen molar-refractivity contribution in [2.75, 3.05) is 0 Å². The van der Waals surface area contributed by atoms with Gasteiger partial charge in [-0.1, -0.05) is 156 Å². The van der Waals surface area contributed by atoms with Crippen LogP contribution in [0.2, 0.25) is 0 Å². The molecule has 0 spiro atoms. The van der Waals surface area contributed by atoms with Crippen LogP contribution >= 0.6 is 15.8 Å². The third kappa shape index (κ3) is 9.02. The summed E-state index contributed by atoms with van der Waals surface area (Å²) in [6.45, 7) is 29.1. The minimum Gasteiger partial charge on any atom is -0.0648 e. The van der Waals surface area contributed by atoms with Gasteiger partial charge in [-0.05, 0) is 156 Å². The zero-order valence-electron chi connectivity index (χ0n) is 33.8. The Morgan fingerprint density at radius 3 is 0.680 bits per heavy atom. The molecule has 0 aliphatic heterocycles. The van der Waals surface area contributed by atoms with Gasteiger partial charge in [-0.2, -0.15) is 0 Å². The molecule has 0 heterocycles. The van der Waals surface area contributed by atoms with Gasteiger partial charge < -0.3 is 0 Å². The Kier molecular flexibility index (Phi) is 15.0. The van der Waals surface area contributed by atoms with Crippen molar-refractivity contribution in [3.8, 4) is 0 Å². The van der Waals surface area contributed by atoms with E-state index in [9.17, 15) is 0 Å². The van der Waals surface area contributed by atoms with Crippen LogP contribution in [0.15, 0.2) is 72.8 Å². The maximum Gasteiger partial charge on any atom is -0.00972 e. The monoisotopic (exact) mass is 706 g/mol. The van der Waals surface area contributed by atoms with Crippen LogP contribution in [0.25, 0.3) is 0 Å². The van der Waals surface area contributed by atoms with Gasteiger partial charge in [0.2, 0.25) is 0 Å². The Balaban J connectivity index is 2.01. The molecular formula is C48H68P2.